The highest BCUT2D eigenvalue weighted by Crippen LogP contribution is 2.34. The minimum Gasteiger partial charge on any atom is -0.464 e. The van der Waals surface area contributed by atoms with Gasteiger partial charge in [0.25, 0.3) is 0 Å². The number of ether oxygens (including phenoxy) is 1. The lowest BCUT2D eigenvalue weighted by Gasteiger charge is -2.22. The highest BCUT2D eigenvalue weighted by Gasteiger charge is 2.26. The van der Waals surface area contributed by atoms with Gasteiger partial charge >= 0.3 is 5.97 Å². The molecule has 0 bridgehead atoms. The SMILES string of the molecule is CCOC(=O)[C@H](C)n1c(-c2ccccc2)cc2c1CCCC2. The van der Waals surface area contributed by atoms with Crippen LogP contribution in [0.2, 0.25) is 0 Å². The molecule has 0 fully saturated rings. The van der Waals surface area contributed by atoms with Gasteiger partial charge in [0.15, 0.2) is 0 Å². The maximum absolute atomic E-state index is 12.3. The fraction of sp³-hybridized carbons (Fsp3) is 0.421. The first-order valence-electron chi connectivity index (χ1n) is 8.17. The maximum Gasteiger partial charge on any atom is 0.328 e. The third kappa shape index (κ3) is 2.68. The van der Waals surface area contributed by atoms with E-state index in [1.54, 1.807) is 0 Å². The number of hydrogen-bond acceptors (Lipinski definition) is 2. The zero-order valence-electron chi connectivity index (χ0n) is 13.3. The molecule has 1 atom stereocenters. The van der Waals surface area contributed by atoms with Crippen molar-refractivity contribution in [3.8, 4) is 11.3 Å². The molecule has 116 valence electrons. The fourth-order valence-corrected chi connectivity index (χ4v) is 3.37. The van der Waals surface area contributed by atoms with Gasteiger partial charge in [-0.15, -0.1) is 0 Å². The molecule has 3 rings (SSSR count). The van der Waals surface area contributed by atoms with Crippen LogP contribution < -0.4 is 0 Å². The minimum absolute atomic E-state index is 0.149. The summed E-state index contributed by atoms with van der Waals surface area (Å²) < 4.78 is 7.45. The topological polar surface area (TPSA) is 31.2 Å². The van der Waals surface area contributed by atoms with E-state index in [9.17, 15) is 4.79 Å². The molecule has 0 unspecified atom stereocenters. The Kier molecular flexibility index (Phi) is 4.32. The molecule has 1 aromatic heterocycles. The van der Waals surface area contributed by atoms with Crippen molar-refractivity contribution in [2.75, 3.05) is 6.61 Å². The van der Waals surface area contributed by atoms with Gasteiger partial charge in [0, 0.05) is 11.4 Å². The lowest BCUT2D eigenvalue weighted by Crippen LogP contribution is -2.22. The van der Waals surface area contributed by atoms with Crippen LogP contribution in [0.1, 0.15) is 44.0 Å². The number of benzene rings is 1. The Hall–Kier alpha value is -2.03. The predicted octanol–water partition coefficient (Wildman–Crippen LogP) is 4.16. The van der Waals surface area contributed by atoms with Crippen molar-refractivity contribution in [2.45, 2.75) is 45.6 Å². The first-order valence-corrected chi connectivity index (χ1v) is 8.17. The van der Waals surface area contributed by atoms with Crippen molar-refractivity contribution in [1.82, 2.24) is 4.57 Å². The molecule has 1 aromatic carbocycles. The number of esters is 1. The standard InChI is InChI=1S/C19H23NO2/c1-3-22-19(21)14(2)20-17-12-8-7-11-16(17)13-18(20)15-9-5-4-6-10-15/h4-6,9-10,13-14H,3,7-8,11-12H2,1-2H3/t14-/m0/s1. The third-order valence-electron chi connectivity index (χ3n) is 4.43. The second-order valence-corrected chi connectivity index (χ2v) is 5.87. The van der Waals surface area contributed by atoms with Crippen LogP contribution in [0, 0.1) is 0 Å². The summed E-state index contributed by atoms with van der Waals surface area (Å²) in [7, 11) is 0. The molecule has 0 spiro atoms. The lowest BCUT2D eigenvalue weighted by atomic mass is 9.98. The van der Waals surface area contributed by atoms with Crippen LogP contribution in [0.15, 0.2) is 36.4 Å². The number of aryl methyl sites for hydroxylation is 1. The molecule has 0 saturated carbocycles. The van der Waals surface area contributed by atoms with E-state index in [1.807, 2.05) is 32.0 Å². The van der Waals surface area contributed by atoms with Crippen molar-refractivity contribution in [2.24, 2.45) is 0 Å². The second-order valence-electron chi connectivity index (χ2n) is 5.87. The predicted molar refractivity (Wildman–Crippen MR) is 87.9 cm³/mol. The molecule has 2 aromatic rings. The number of nitrogens with zero attached hydrogens (tertiary/aromatic N) is 1. The van der Waals surface area contributed by atoms with Crippen LogP contribution in [0.3, 0.4) is 0 Å². The van der Waals surface area contributed by atoms with Crippen LogP contribution in [0.25, 0.3) is 11.3 Å². The first kappa shape index (κ1) is 14.9. The summed E-state index contributed by atoms with van der Waals surface area (Å²) >= 11 is 0. The van der Waals surface area contributed by atoms with Crippen LogP contribution >= 0.6 is 0 Å². The van der Waals surface area contributed by atoms with E-state index in [4.69, 9.17) is 4.74 Å². The normalized spacial score (nSPS) is 15.2. The largest absolute Gasteiger partial charge is 0.464 e. The Morgan fingerprint density at radius 1 is 1.23 bits per heavy atom. The average Bonchev–Trinajstić information content (AvgIpc) is 2.94. The Labute approximate surface area is 131 Å². The first-order chi connectivity index (χ1) is 10.7. The molecular weight excluding hydrogens is 274 g/mol. The molecule has 1 heterocycles. The van der Waals surface area contributed by atoms with Crippen LogP contribution in [0.5, 0.6) is 0 Å². The van der Waals surface area contributed by atoms with Gasteiger partial charge in [-0.1, -0.05) is 30.3 Å². The molecule has 3 nitrogen and oxygen atoms in total. The quantitative estimate of drug-likeness (QED) is 0.794. The number of aromatic nitrogens is 1. The lowest BCUT2D eigenvalue weighted by molar-refractivity contribution is -0.146. The van der Waals surface area contributed by atoms with Crippen LogP contribution in [-0.4, -0.2) is 17.1 Å². The number of hydrogen-bond donors (Lipinski definition) is 0. The van der Waals surface area contributed by atoms with E-state index >= 15 is 0 Å². The Morgan fingerprint density at radius 3 is 2.68 bits per heavy atom. The van der Waals surface area contributed by atoms with E-state index in [0.717, 1.165) is 24.1 Å². The Balaban J connectivity index is 2.09. The zero-order chi connectivity index (χ0) is 15.5. The third-order valence-corrected chi connectivity index (χ3v) is 4.43. The van der Waals surface area contributed by atoms with Gasteiger partial charge in [0.1, 0.15) is 6.04 Å². The van der Waals surface area contributed by atoms with E-state index in [2.05, 4.69) is 22.8 Å². The molecule has 22 heavy (non-hydrogen) atoms. The highest BCUT2D eigenvalue weighted by atomic mass is 16.5. The molecular formula is C19H23NO2. The average molecular weight is 297 g/mol. The van der Waals surface area contributed by atoms with Crippen molar-refractivity contribution >= 4 is 5.97 Å². The van der Waals surface area contributed by atoms with Gasteiger partial charge in [-0.05, 0) is 56.7 Å². The molecule has 0 aliphatic heterocycles. The van der Waals surface area contributed by atoms with Crippen LogP contribution in [0.4, 0.5) is 0 Å². The summed E-state index contributed by atoms with van der Waals surface area (Å²) in [6.45, 7) is 4.22. The molecule has 0 saturated heterocycles. The molecule has 3 heteroatoms. The van der Waals surface area contributed by atoms with Gasteiger partial charge in [-0.25, -0.2) is 4.79 Å². The summed E-state index contributed by atoms with van der Waals surface area (Å²) in [5.41, 5.74) is 4.99. The van der Waals surface area contributed by atoms with Crippen molar-refractivity contribution < 1.29 is 9.53 Å². The maximum atomic E-state index is 12.3. The minimum atomic E-state index is -0.281. The number of rotatable bonds is 4. The molecule has 0 N–H and O–H groups in total. The summed E-state index contributed by atoms with van der Waals surface area (Å²) in [5.74, 6) is -0.149. The van der Waals surface area contributed by atoms with Crippen molar-refractivity contribution in [1.29, 1.82) is 0 Å². The summed E-state index contributed by atoms with van der Waals surface area (Å²) in [5, 5.41) is 0. The van der Waals surface area contributed by atoms with Gasteiger partial charge < -0.3 is 9.30 Å². The summed E-state index contributed by atoms with van der Waals surface area (Å²) in [6, 6.07) is 12.3. The summed E-state index contributed by atoms with van der Waals surface area (Å²) in [6.07, 6.45) is 4.59. The molecule has 0 amide bonds. The molecule has 1 aliphatic rings. The number of carbonyl (C=O) groups excluding carboxylic acids is 1. The van der Waals surface area contributed by atoms with E-state index < -0.39 is 0 Å². The van der Waals surface area contributed by atoms with Gasteiger partial charge in [-0.2, -0.15) is 0 Å². The summed E-state index contributed by atoms with van der Waals surface area (Å²) in [4.78, 5) is 12.3. The number of fused-ring (bicyclic) bond motifs is 1. The molecule has 0 radical (unpaired) electrons. The zero-order valence-corrected chi connectivity index (χ0v) is 13.3. The fourth-order valence-electron chi connectivity index (χ4n) is 3.37. The Bertz CT molecular complexity index is 658. The van der Waals surface area contributed by atoms with E-state index in [0.29, 0.717) is 6.61 Å². The van der Waals surface area contributed by atoms with E-state index in [1.165, 1.54) is 24.1 Å². The van der Waals surface area contributed by atoms with Crippen molar-refractivity contribution in [3.63, 3.8) is 0 Å². The van der Waals surface area contributed by atoms with Gasteiger partial charge in [0.2, 0.25) is 0 Å². The second kappa shape index (κ2) is 6.39. The van der Waals surface area contributed by atoms with E-state index in [-0.39, 0.29) is 12.0 Å². The Morgan fingerprint density at radius 2 is 1.95 bits per heavy atom. The van der Waals surface area contributed by atoms with Crippen molar-refractivity contribution in [3.05, 3.63) is 47.7 Å². The molecule has 1 aliphatic carbocycles. The smallest absolute Gasteiger partial charge is 0.328 e. The van der Waals surface area contributed by atoms with Crippen LogP contribution in [-0.2, 0) is 22.4 Å². The van der Waals surface area contributed by atoms with Gasteiger partial charge in [-0.3, -0.25) is 0 Å². The monoisotopic (exact) mass is 297 g/mol. The van der Waals surface area contributed by atoms with Gasteiger partial charge in [0.05, 0.1) is 6.61 Å². The number of carbonyl (C=O) groups is 1. The highest BCUT2D eigenvalue weighted by molar-refractivity contribution is 5.76.